The van der Waals surface area contributed by atoms with Crippen molar-refractivity contribution in [1.29, 1.82) is 0 Å². The first-order valence-electron chi connectivity index (χ1n) is 8.41. The normalized spacial score (nSPS) is 19.1. The van der Waals surface area contributed by atoms with Crippen LogP contribution in [0.4, 0.5) is 0 Å². The molecule has 0 saturated heterocycles. The molecular formula is C20H25BrO4. The van der Waals surface area contributed by atoms with Gasteiger partial charge in [0.1, 0.15) is 11.5 Å². The van der Waals surface area contributed by atoms with Gasteiger partial charge in [0.25, 0.3) is 0 Å². The van der Waals surface area contributed by atoms with Gasteiger partial charge < -0.3 is 14.2 Å². The molecule has 0 amide bonds. The first-order chi connectivity index (χ1) is 11.9. The lowest BCUT2D eigenvalue weighted by Crippen LogP contribution is -2.32. The molecule has 0 bridgehead atoms. The minimum atomic E-state index is -0.542. The minimum Gasteiger partial charge on any atom is -0.483 e. The maximum absolute atomic E-state index is 12.4. The molecule has 136 valence electrons. The number of carbonyl (C=O) groups is 1. The Hall–Kier alpha value is -1.59. The summed E-state index contributed by atoms with van der Waals surface area (Å²) in [5.41, 5.74) is 1.04. The number of ketones is 1. The summed E-state index contributed by atoms with van der Waals surface area (Å²) in [7, 11) is 1.59. The van der Waals surface area contributed by atoms with Crippen molar-refractivity contribution < 1.29 is 19.0 Å². The van der Waals surface area contributed by atoms with E-state index < -0.39 is 6.10 Å². The number of benzene rings is 1. The molecule has 1 aromatic rings. The molecule has 3 atom stereocenters. The third-order valence-corrected chi connectivity index (χ3v) is 4.58. The van der Waals surface area contributed by atoms with Crippen molar-refractivity contribution in [3.8, 4) is 5.75 Å². The summed E-state index contributed by atoms with van der Waals surface area (Å²) in [6.07, 6.45) is 5.76. The van der Waals surface area contributed by atoms with Crippen molar-refractivity contribution in [1.82, 2.24) is 0 Å². The molecule has 0 fully saturated rings. The summed E-state index contributed by atoms with van der Waals surface area (Å²) in [6.45, 7) is 6.01. The van der Waals surface area contributed by atoms with E-state index in [0.717, 1.165) is 15.8 Å². The summed E-state index contributed by atoms with van der Waals surface area (Å²) in [5.74, 6) is 1.31. The maximum atomic E-state index is 12.4. The number of halogens is 1. The average Bonchev–Trinajstić information content (AvgIpc) is 2.58. The van der Waals surface area contributed by atoms with Crippen LogP contribution in [0.5, 0.6) is 5.75 Å². The Bertz CT molecular complexity index is 666. The third kappa shape index (κ3) is 5.44. The van der Waals surface area contributed by atoms with Crippen LogP contribution < -0.4 is 4.74 Å². The Labute approximate surface area is 158 Å². The van der Waals surface area contributed by atoms with E-state index in [1.54, 1.807) is 14.0 Å². The predicted octanol–water partition coefficient (Wildman–Crippen LogP) is 4.61. The number of ether oxygens (including phenoxy) is 3. The van der Waals surface area contributed by atoms with Gasteiger partial charge in [0.05, 0.1) is 6.61 Å². The van der Waals surface area contributed by atoms with Crippen LogP contribution in [0.15, 0.2) is 46.7 Å². The van der Waals surface area contributed by atoms with Gasteiger partial charge in [-0.3, -0.25) is 4.79 Å². The lowest BCUT2D eigenvalue weighted by molar-refractivity contribution is -0.133. The lowest BCUT2D eigenvalue weighted by Gasteiger charge is -2.27. The van der Waals surface area contributed by atoms with Crippen LogP contribution in [0.2, 0.25) is 0 Å². The molecule has 3 unspecified atom stereocenters. The highest BCUT2D eigenvalue weighted by molar-refractivity contribution is 9.10. The average molecular weight is 409 g/mol. The number of aryl methyl sites for hydroxylation is 1. The molecule has 25 heavy (non-hydrogen) atoms. The van der Waals surface area contributed by atoms with E-state index in [-0.39, 0.29) is 17.8 Å². The Morgan fingerprint density at radius 3 is 2.80 bits per heavy atom. The zero-order valence-corrected chi connectivity index (χ0v) is 16.7. The summed E-state index contributed by atoms with van der Waals surface area (Å²) < 4.78 is 18.2. The van der Waals surface area contributed by atoms with E-state index in [1.165, 1.54) is 0 Å². The molecule has 0 radical (unpaired) electrons. The minimum absolute atomic E-state index is 0.0240. The van der Waals surface area contributed by atoms with Crippen LogP contribution in [-0.4, -0.2) is 31.7 Å². The van der Waals surface area contributed by atoms with Crippen molar-refractivity contribution in [2.45, 2.75) is 39.4 Å². The standard InChI is InChI=1S/C20H25BrO4/c1-13-11-16(21)9-10-17(13)25-19-8-6-5-7-18(19)24-15(3)20(22)14(2)12-23-4/h5-7,9-11,14-15,19H,8,12H2,1-4H3. The van der Waals surface area contributed by atoms with E-state index in [1.807, 2.05) is 50.3 Å². The molecule has 1 aliphatic rings. The number of methoxy groups -OCH3 is 1. The maximum Gasteiger partial charge on any atom is 0.178 e. The van der Waals surface area contributed by atoms with Gasteiger partial charge in [0.2, 0.25) is 0 Å². The van der Waals surface area contributed by atoms with Gasteiger partial charge in [0.15, 0.2) is 18.0 Å². The second-order valence-electron chi connectivity index (χ2n) is 6.27. The third-order valence-electron chi connectivity index (χ3n) is 4.09. The van der Waals surface area contributed by atoms with Crippen LogP contribution in [-0.2, 0) is 14.3 Å². The molecule has 0 saturated carbocycles. The van der Waals surface area contributed by atoms with E-state index in [2.05, 4.69) is 15.9 Å². The summed E-state index contributed by atoms with van der Waals surface area (Å²) in [4.78, 5) is 12.4. The first-order valence-corrected chi connectivity index (χ1v) is 9.20. The molecule has 1 aliphatic carbocycles. The fourth-order valence-electron chi connectivity index (χ4n) is 2.70. The molecule has 2 rings (SSSR count). The molecule has 5 heteroatoms. The summed E-state index contributed by atoms with van der Waals surface area (Å²) >= 11 is 3.46. The Morgan fingerprint density at radius 2 is 2.12 bits per heavy atom. The number of Topliss-reactive ketones (excluding diaryl/α,β-unsaturated/α-hetero) is 1. The van der Waals surface area contributed by atoms with Gasteiger partial charge in [-0.1, -0.05) is 35.0 Å². The molecule has 0 aliphatic heterocycles. The molecule has 0 spiro atoms. The van der Waals surface area contributed by atoms with Crippen molar-refractivity contribution in [2.24, 2.45) is 5.92 Å². The highest BCUT2D eigenvalue weighted by Gasteiger charge is 2.26. The van der Waals surface area contributed by atoms with E-state index in [4.69, 9.17) is 14.2 Å². The Morgan fingerprint density at radius 1 is 1.36 bits per heavy atom. The van der Waals surface area contributed by atoms with Crippen molar-refractivity contribution in [3.05, 3.63) is 52.2 Å². The van der Waals surface area contributed by atoms with Crippen LogP contribution in [0.1, 0.15) is 25.8 Å². The number of hydrogen-bond acceptors (Lipinski definition) is 4. The quantitative estimate of drug-likeness (QED) is 0.629. The van der Waals surface area contributed by atoms with Gasteiger partial charge in [-0.2, -0.15) is 0 Å². The van der Waals surface area contributed by atoms with Crippen molar-refractivity contribution in [3.63, 3.8) is 0 Å². The summed E-state index contributed by atoms with van der Waals surface area (Å²) in [5, 5.41) is 0. The zero-order chi connectivity index (χ0) is 18.4. The van der Waals surface area contributed by atoms with Crippen LogP contribution in [0, 0.1) is 12.8 Å². The van der Waals surface area contributed by atoms with Crippen molar-refractivity contribution >= 4 is 21.7 Å². The van der Waals surface area contributed by atoms with Crippen LogP contribution >= 0.6 is 15.9 Å². The molecule has 4 nitrogen and oxygen atoms in total. The van der Waals surface area contributed by atoms with Gasteiger partial charge in [-0.25, -0.2) is 0 Å². The number of hydrogen-bond donors (Lipinski definition) is 0. The van der Waals surface area contributed by atoms with Gasteiger partial charge in [0, 0.05) is 23.9 Å². The van der Waals surface area contributed by atoms with Gasteiger partial charge in [-0.05, 0) is 43.7 Å². The second-order valence-corrected chi connectivity index (χ2v) is 7.18. The Balaban J connectivity index is 2.06. The molecule has 1 aromatic carbocycles. The topological polar surface area (TPSA) is 44.8 Å². The number of allylic oxidation sites excluding steroid dienone is 2. The SMILES string of the molecule is COCC(C)C(=O)C(C)OC1=CC=CCC1Oc1ccc(Br)cc1C. The van der Waals surface area contributed by atoms with Crippen molar-refractivity contribution in [2.75, 3.05) is 13.7 Å². The molecule has 0 heterocycles. The highest BCUT2D eigenvalue weighted by Crippen LogP contribution is 2.28. The monoisotopic (exact) mass is 408 g/mol. The Kier molecular flexibility index (Phi) is 7.26. The molecular weight excluding hydrogens is 384 g/mol. The number of carbonyl (C=O) groups excluding carboxylic acids is 1. The molecule has 0 aromatic heterocycles. The first kappa shape index (κ1) is 19.7. The second kappa shape index (κ2) is 9.20. The highest BCUT2D eigenvalue weighted by atomic mass is 79.9. The predicted molar refractivity (Wildman–Crippen MR) is 102 cm³/mol. The van der Waals surface area contributed by atoms with E-state index in [9.17, 15) is 4.79 Å². The molecule has 0 N–H and O–H groups in total. The fraction of sp³-hybridized carbons (Fsp3) is 0.450. The van der Waals surface area contributed by atoms with E-state index in [0.29, 0.717) is 18.8 Å². The van der Waals surface area contributed by atoms with Gasteiger partial charge in [-0.15, -0.1) is 0 Å². The summed E-state index contributed by atoms with van der Waals surface area (Å²) in [6, 6.07) is 5.89. The fourth-order valence-corrected chi connectivity index (χ4v) is 3.18. The zero-order valence-electron chi connectivity index (χ0n) is 15.1. The van der Waals surface area contributed by atoms with E-state index >= 15 is 0 Å². The number of rotatable bonds is 8. The largest absolute Gasteiger partial charge is 0.483 e. The van der Waals surface area contributed by atoms with Crippen LogP contribution in [0.25, 0.3) is 0 Å². The van der Waals surface area contributed by atoms with Crippen LogP contribution in [0.3, 0.4) is 0 Å². The smallest absolute Gasteiger partial charge is 0.178 e. The van der Waals surface area contributed by atoms with Gasteiger partial charge >= 0.3 is 0 Å². The lowest BCUT2D eigenvalue weighted by atomic mass is 10.0.